The highest BCUT2D eigenvalue weighted by Crippen LogP contribution is 2.69. The third-order valence-electron chi connectivity index (χ3n) is 7.27. The van der Waals surface area contributed by atoms with Gasteiger partial charge in [-0.2, -0.15) is 0 Å². The molecule has 4 bridgehead atoms. The normalized spacial score (nSPS) is 42.5. The molecule has 25 heavy (non-hydrogen) atoms. The van der Waals surface area contributed by atoms with Crippen LogP contribution in [0.1, 0.15) is 52.4 Å². The van der Waals surface area contributed by atoms with E-state index in [1.165, 1.54) is 19.3 Å². The van der Waals surface area contributed by atoms with Gasteiger partial charge >= 0.3 is 0 Å². The van der Waals surface area contributed by atoms with Crippen LogP contribution in [0.3, 0.4) is 0 Å². The number of hydrogen-bond donors (Lipinski definition) is 1. The van der Waals surface area contributed by atoms with Gasteiger partial charge in [-0.25, -0.2) is 0 Å². The molecule has 4 aliphatic carbocycles. The number of amides is 2. The van der Waals surface area contributed by atoms with Gasteiger partial charge in [0.1, 0.15) is 0 Å². The SMILES string of the molecule is CN(CC(=O)N1CCNCC1)C(=O)C12CC3CC(C)(CC(C)(C3)C1)C2. The van der Waals surface area contributed by atoms with Crippen LogP contribution in [0.4, 0.5) is 0 Å². The van der Waals surface area contributed by atoms with Crippen LogP contribution >= 0.6 is 0 Å². The zero-order valence-corrected chi connectivity index (χ0v) is 16.1. The van der Waals surface area contributed by atoms with E-state index in [1.807, 2.05) is 11.9 Å². The average molecular weight is 348 g/mol. The van der Waals surface area contributed by atoms with Gasteiger partial charge in [0.05, 0.1) is 12.0 Å². The second kappa shape index (κ2) is 5.70. The first-order valence-corrected chi connectivity index (χ1v) is 9.97. The van der Waals surface area contributed by atoms with Crippen LogP contribution in [-0.4, -0.2) is 61.4 Å². The lowest BCUT2D eigenvalue weighted by atomic mass is 9.40. The van der Waals surface area contributed by atoms with Gasteiger partial charge < -0.3 is 15.1 Å². The highest BCUT2D eigenvalue weighted by molar-refractivity contribution is 5.88. The third-order valence-corrected chi connectivity index (χ3v) is 7.27. The van der Waals surface area contributed by atoms with Gasteiger partial charge in [0.25, 0.3) is 0 Å². The van der Waals surface area contributed by atoms with Crippen molar-refractivity contribution in [2.24, 2.45) is 22.2 Å². The number of piperazine rings is 1. The Kier molecular flexibility index (Phi) is 3.95. The number of nitrogens with zero attached hydrogens (tertiary/aromatic N) is 2. The molecule has 0 aromatic carbocycles. The fourth-order valence-corrected chi connectivity index (χ4v) is 7.38. The summed E-state index contributed by atoms with van der Waals surface area (Å²) in [6, 6.07) is 0. The van der Waals surface area contributed by atoms with Gasteiger partial charge in [0.15, 0.2) is 0 Å². The minimum Gasteiger partial charge on any atom is -0.339 e. The zero-order valence-electron chi connectivity index (χ0n) is 16.1. The maximum Gasteiger partial charge on any atom is 0.242 e. The molecule has 1 saturated heterocycles. The van der Waals surface area contributed by atoms with Crippen LogP contribution in [0.2, 0.25) is 0 Å². The molecule has 0 radical (unpaired) electrons. The molecule has 1 heterocycles. The summed E-state index contributed by atoms with van der Waals surface area (Å²) < 4.78 is 0. The van der Waals surface area contributed by atoms with Crippen molar-refractivity contribution < 1.29 is 9.59 Å². The van der Waals surface area contributed by atoms with Crippen molar-refractivity contribution in [3.05, 3.63) is 0 Å². The summed E-state index contributed by atoms with van der Waals surface area (Å²) in [4.78, 5) is 29.6. The number of nitrogens with one attached hydrogen (secondary N) is 1. The van der Waals surface area contributed by atoms with E-state index in [9.17, 15) is 9.59 Å². The molecule has 0 spiro atoms. The number of rotatable bonds is 3. The molecule has 140 valence electrons. The van der Waals surface area contributed by atoms with Crippen LogP contribution in [0.15, 0.2) is 0 Å². The quantitative estimate of drug-likeness (QED) is 0.848. The third kappa shape index (κ3) is 2.98. The molecule has 1 aliphatic heterocycles. The lowest BCUT2D eigenvalue weighted by Gasteiger charge is -2.65. The van der Waals surface area contributed by atoms with E-state index < -0.39 is 0 Å². The number of likely N-dealkylation sites (N-methyl/N-ethyl adjacent to an activating group) is 1. The van der Waals surface area contributed by atoms with Crippen LogP contribution in [0, 0.1) is 22.2 Å². The lowest BCUT2D eigenvalue weighted by molar-refractivity contribution is -0.179. The summed E-state index contributed by atoms with van der Waals surface area (Å²) in [5.74, 6) is 1.03. The molecule has 5 heteroatoms. The van der Waals surface area contributed by atoms with E-state index in [4.69, 9.17) is 0 Å². The van der Waals surface area contributed by atoms with Crippen molar-refractivity contribution in [1.29, 1.82) is 0 Å². The highest BCUT2D eigenvalue weighted by atomic mass is 16.2. The van der Waals surface area contributed by atoms with Gasteiger partial charge in [-0.1, -0.05) is 13.8 Å². The second-order valence-corrected chi connectivity index (χ2v) is 10.2. The maximum atomic E-state index is 13.4. The van der Waals surface area contributed by atoms with Crippen LogP contribution in [0.5, 0.6) is 0 Å². The van der Waals surface area contributed by atoms with Crippen molar-refractivity contribution >= 4 is 11.8 Å². The first-order chi connectivity index (χ1) is 11.7. The fraction of sp³-hybridized carbons (Fsp3) is 0.900. The Balaban J connectivity index is 1.47. The molecule has 0 aromatic heterocycles. The summed E-state index contributed by atoms with van der Waals surface area (Å²) in [7, 11) is 1.84. The molecule has 2 atom stereocenters. The topological polar surface area (TPSA) is 52.7 Å². The Bertz CT molecular complexity index is 565. The van der Waals surface area contributed by atoms with E-state index in [0.717, 1.165) is 45.4 Å². The highest BCUT2D eigenvalue weighted by Gasteiger charge is 2.63. The summed E-state index contributed by atoms with van der Waals surface area (Å²) in [5.41, 5.74) is 0.446. The Morgan fingerprint density at radius 2 is 1.64 bits per heavy atom. The van der Waals surface area contributed by atoms with Gasteiger partial charge in [0.2, 0.25) is 11.8 Å². The first-order valence-electron chi connectivity index (χ1n) is 9.97. The molecular weight excluding hydrogens is 314 g/mol. The average Bonchev–Trinajstić information content (AvgIpc) is 2.51. The van der Waals surface area contributed by atoms with Gasteiger partial charge in [-0.3, -0.25) is 9.59 Å². The molecular formula is C20H33N3O2. The van der Waals surface area contributed by atoms with Crippen molar-refractivity contribution in [3.8, 4) is 0 Å². The molecule has 4 saturated carbocycles. The van der Waals surface area contributed by atoms with Crippen molar-refractivity contribution in [2.45, 2.75) is 52.4 Å². The Morgan fingerprint density at radius 1 is 1.04 bits per heavy atom. The fourth-order valence-electron chi connectivity index (χ4n) is 7.38. The molecule has 2 amide bonds. The lowest BCUT2D eigenvalue weighted by Crippen LogP contribution is -2.60. The second-order valence-electron chi connectivity index (χ2n) is 10.2. The Labute approximate surface area is 151 Å². The molecule has 5 aliphatic rings. The van der Waals surface area contributed by atoms with E-state index >= 15 is 0 Å². The smallest absolute Gasteiger partial charge is 0.242 e. The molecule has 5 fully saturated rings. The van der Waals surface area contributed by atoms with Gasteiger partial charge in [0, 0.05) is 33.2 Å². The number of hydrogen-bond acceptors (Lipinski definition) is 3. The summed E-state index contributed by atoms with van der Waals surface area (Å²) in [5, 5.41) is 3.27. The standard InChI is InChI=1S/C20H33N3O2/c1-18-8-15-9-19(2,12-18)14-20(10-15,13-18)17(25)22(3)11-16(24)23-6-4-21-5-7-23/h15,21H,4-14H2,1-3H3. The van der Waals surface area contributed by atoms with Crippen molar-refractivity contribution in [2.75, 3.05) is 39.8 Å². The monoisotopic (exact) mass is 347 g/mol. The molecule has 0 aromatic rings. The van der Waals surface area contributed by atoms with E-state index in [-0.39, 0.29) is 23.8 Å². The number of carbonyl (C=O) groups excluding carboxylic acids is 2. The Hall–Kier alpha value is -1.10. The zero-order chi connectivity index (χ0) is 17.9. The van der Waals surface area contributed by atoms with Crippen LogP contribution in [0.25, 0.3) is 0 Å². The largest absolute Gasteiger partial charge is 0.339 e. The summed E-state index contributed by atoms with van der Waals surface area (Å²) in [6.45, 7) is 8.23. The van der Waals surface area contributed by atoms with E-state index in [2.05, 4.69) is 19.2 Å². The molecule has 1 N–H and O–H groups in total. The van der Waals surface area contributed by atoms with E-state index in [1.54, 1.807) is 4.90 Å². The van der Waals surface area contributed by atoms with Crippen LogP contribution in [-0.2, 0) is 9.59 Å². The van der Waals surface area contributed by atoms with E-state index in [0.29, 0.717) is 16.7 Å². The minimum atomic E-state index is -0.207. The first kappa shape index (κ1) is 17.3. The molecule has 5 rings (SSSR count). The van der Waals surface area contributed by atoms with Crippen molar-refractivity contribution in [1.82, 2.24) is 15.1 Å². The van der Waals surface area contributed by atoms with Crippen LogP contribution < -0.4 is 5.32 Å². The van der Waals surface area contributed by atoms with Gasteiger partial charge in [-0.05, 0) is 55.3 Å². The van der Waals surface area contributed by atoms with Crippen molar-refractivity contribution in [3.63, 3.8) is 0 Å². The summed E-state index contributed by atoms with van der Waals surface area (Å²) >= 11 is 0. The maximum absolute atomic E-state index is 13.4. The van der Waals surface area contributed by atoms with Gasteiger partial charge in [-0.15, -0.1) is 0 Å². The minimum absolute atomic E-state index is 0.0968. The predicted octanol–water partition coefficient (Wildman–Crippen LogP) is 1.87. The summed E-state index contributed by atoms with van der Waals surface area (Å²) in [6.07, 6.45) is 6.95. The molecule has 2 unspecified atom stereocenters. The molecule has 5 nitrogen and oxygen atoms in total. The predicted molar refractivity (Wildman–Crippen MR) is 96.9 cm³/mol. The Morgan fingerprint density at radius 3 is 2.20 bits per heavy atom. The number of carbonyl (C=O) groups is 2.